The van der Waals surface area contributed by atoms with E-state index in [-0.39, 0.29) is 29.7 Å². The van der Waals surface area contributed by atoms with E-state index < -0.39 is 64.4 Å². The smallest absolute Gasteiger partial charge is 0.235 e. The highest BCUT2D eigenvalue weighted by Crippen LogP contribution is 2.52. The molecule has 0 bridgehead atoms. The second-order valence-electron chi connectivity index (χ2n) is 10.2. The molecule has 1 aromatic rings. The molecule has 10 heteroatoms. The Morgan fingerprint density at radius 3 is 2.31 bits per heavy atom. The maximum absolute atomic E-state index is 13.8. The fourth-order valence-corrected chi connectivity index (χ4v) is 6.28. The predicted molar refractivity (Wildman–Crippen MR) is 128 cm³/mol. The van der Waals surface area contributed by atoms with Gasteiger partial charge in [0.1, 0.15) is 5.75 Å². The van der Waals surface area contributed by atoms with E-state index in [2.05, 4.69) is 11.8 Å². The van der Waals surface area contributed by atoms with Crippen LogP contribution in [-0.4, -0.2) is 84.0 Å². The molecule has 0 aromatic heterocycles. The van der Waals surface area contributed by atoms with Crippen LogP contribution in [0.5, 0.6) is 5.75 Å². The van der Waals surface area contributed by atoms with Crippen molar-refractivity contribution in [2.45, 2.75) is 31.4 Å². The molecule has 2 saturated carbocycles. The molecule has 2 fully saturated rings. The van der Waals surface area contributed by atoms with Crippen LogP contribution in [0.25, 0.3) is 0 Å². The standard InChI is InChI=1S/C26H29N3O7/c1-6-7-11-10-15(28(2)3)13-8-12-9-14-19(29(4)5)22(32)18(25(27)35)24(34)26(14,36)23(33)16(12)21(31)17(13)20(11)30/h10,12,14,16,18-19,30,36H,8-9H2,1-5H3,(H2,27,35). The van der Waals surface area contributed by atoms with Crippen molar-refractivity contribution < 1.29 is 34.2 Å². The molecule has 0 aliphatic heterocycles. The number of hydrogen-bond donors (Lipinski definition) is 3. The van der Waals surface area contributed by atoms with Crippen molar-refractivity contribution in [2.24, 2.45) is 29.4 Å². The highest BCUT2D eigenvalue weighted by atomic mass is 16.3. The average Bonchev–Trinajstić information content (AvgIpc) is 2.77. The summed E-state index contributed by atoms with van der Waals surface area (Å²) in [6.07, 6.45) is 0.209. The molecular formula is C26H29N3O7. The van der Waals surface area contributed by atoms with Crippen LogP contribution in [0, 0.1) is 35.5 Å². The van der Waals surface area contributed by atoms with E-state index in [1.54, 1.807) is 46.1 Å². The Morgan fingerprint density at radius 1 is 1.14 bits per heavy atom. The van der Waals surface area contributed by atoms with Crippen LogP contribution in [0.3, 0.4) is 0 Å². The summed E-state index contributed by atoms with van der Waals surface area (Å²) < 4.78 is 0. The van der Waals surface area contributed by atoms with Gasteiger partial charge in [-0.3, -0.25) is 28.9 Å². The van der Waals surface area contributed by atoms with Gasteiger partial charge in [0.25, 0.3) is 0 Å². The number of rotatable bonds is 3. The Morgan fingerprint density at radius 2 is 1.78 bits per heavy atom. The van der Waals surface area contributed by atoms with Gasteiger partial charge in [-0.25, -0.2) is 0 Å². The van der Waals surface area contributed by atoms with Gasteiger partial charge in [0.05, 0.1) is 23.1 Å². The number of Topliss-reactive ketones (excluding diaryl/α,β-unsaturated/α-hetero) is 4. The molecule has 4 rings (SSSR count). The van der Waals surface area contributed by atoms with Crippen molar-refractivity contribution in [3.8, 4) is 17.6 Å². The van der Waals surface area contributed by atoms with Crippen molar-refractivity contribution in [1.82, 2.24) is 4.90 Å². The first-order valence-electron chi connectivity index (χ1n) is 11.6. The highest BCUT2D eigenvalue weighted by molar-refractivity contribution is 6.32. The lowest BCUT2D eigenvalue weighted by Crippen LogP contribution is -2.74. The molecule has 1 aromatic carbocycles. The van der Waals surface area contributed by atoms with Crippen molar-refractivity contribution in [3.05, 3.63) is 22.8 Å². The summed E-state index contributed by atoms with van der Waals surface area (Å²) in [5, 5.41) is 22.5. The summed E-state index contributed by atoms with van der Waals surface area (Å²) >= 11 is 0. The Kier molecular flexibility index (Phi) is 6.06. The topological polar surface area (TPSA) is 158 Å². The number of carbonyl (C=O) groups is 5. The fourth-order valence-electron chi connectivity index (χ4n) is 6.28. The Balaban J connectivity index is 1.92. The molecule has 0 radical (unpaired) electrons. The summed E-state index contributed by atoms with van der Waals surface area (Å²) in [6, 6.07) is 0.544. The number of fused-ring (bicyclic) bond motifs is 3. The fraction of sp³-hybridized carbons (Fsp3) is 0.500. The SMILES string of the molecule is CC#Cc1cc(N(C)C)c2c(c1O)C(=O)C1C(=O)C3(O)C(=O)C(C(N)=O)C(=O)C(N(C)C)C3CC1C2. The second-order valence-corrected chi connectivity index (χ2v) is 10.2. The largest absolute Gasteiger partial charge is 0.506 e. The molecule has 36 heavy (non-hydrogen) atoms. The number of amides is 1. The first kappa shape index (κ1) is 25.5. The molecule has 190 valence electrons. The number of nitrogens with zero attached hydrogens (tertiary/aromatic N) is 2. The quantitative estimate of drug-likeness (QED) is 0.364. The Labute approximate surface area is 208 Å². The summed E-state index contributed by atoms with van der Waals surface area (Å²) in [5.41, 5.74) is 3.93. The van der Waals surface area contributed by atoms with E-state index in [9.17, 15) is 34.2 Å². The van der Waals surface area contributed by atoms with Crippen LogP contribution in [0.2, 0.25) is 0 Å². The lowest BCUT2D eigenvalue weighted by Gasteiger charge is -2.52. The van der Waals surface area contributed by atoms with Crippen LogP contribution < -0.4 is 10.6 Å². The molecule has 6 atom stereocenters. The molecule has 0 heterocycles. The number of aliphatic hydroxyl groups is 1. The van der Waals surface area contributed by atoms with Crippen molar-refractivity contribution in [2.75, 3.05) is 33.1 Å². The summed E-state index contributed by atoms with van der Waals surface area (Å²) in [7, 11) is 6.66. The van der Waals surface area contributed by atoms with E-state index >= 15 is 0 Å². The van der Waals surface area contributed by atoms with Crippen molar-refractivity contribution in [1.29, 1.82) is 0 Å². The van der Waals surface area contributed by atoms with Gasteiger partial charge in [0.15, 0.2) is 34.7 Å². The van der Waals surface area contributed by atoms with Crippen LogP contribution in [0.1, 0.15) is 34.8 Å². The zero-order valence-electron chi connectivity index (χ0n) is 20.8. The molecule has 4 N–H and O–H groups in total. The number of ketones is 4. The van der Waals surface area contributed by atoms with Crippen molar-refractivity contribution in [3.63, 3.8) is 0 Å². The third-order valence-corrected chi connectivity index (χ3v) is 7.78. The zero-order chi connectivity index (χ0) is 26.9. The minimum Gasteiger partial charge on any atom is -0.506 e. The normalized spacial score (nSPS) is 31.2. The zero-order valence-corrected chi connectivity index (χ0v) is 20.8. The molecule has 3 aliphatic carbocycles. The second kappa shape index (κ2) is 8.54. The third-order valence-electron chi connectivity index (χ3n) is 7.78. The maximum Gasteiger partial charge on any atom is 0.235 e. The number of benzene rings is 1. The van der Waals surface area contributed by atoms with Crippen LogP contribution >= 0.6 is 0 Å². The van der Waals surface area contributed by atoms with Gasteiger partial charge in [0.2, 0.25) is 5.91 Å². The number of aromatic hydroxyl groups is 1. The molecule has 6 unspecified atom stereocenters. The van der Waals surface area contributed by atoms with E-state index in [1.165, 1.54) is 4.90 Å². The van der Waals surface area contributed by atoms with Gasteiger partial charge in [-0.05, 0) is 51.4 Å². The number of nitrogens with two attached hydrogens (primary N) is 1. The van der Waals surface area contributed by atoms with E-state index in [4.69, 9.17) is 5.73 Å². The van der Waals surface area contributed by atoms with Crippen LogP contribution in [-0.2, 0) is 25.6 Å². The van der Waals surface area contributed by atoms with Gasteiger partial charge < -0.3 is 20.8 Å². The molecule has 10 nitrogen and oxygen atoms in total. The predicted octanol–water partition coefficient (Wildman–Crippen LogP) is -0.696. The van der Waals surface area contributed by atoms with Gasteiger partial charge in [-0.15, -0.1) is 5.92 Å². The monoisotopic (exact) mass is 495 g/mol. The Hall–Kier alpha value is -3.55. The van der Waals surface area contributed by atoms with Gasteiger partial charge in [-0.2, -0.15) is 0 Å². The lowest BCUT2D eigenvalue weighted by atomic mass is 9.52. The number of carbonyl (C=O) groups excluding carboxylic acids is 5. The number of primary amides is 1. The molecule has 1 amide bonds. The van der Waals surface area contributed by atoms with Crippen molar-refractivity contribution >= 4 is 34.7 Å². The summed E-state index contributed by atoms with van der Waals surface area (Å²) in [5.74, 6) is -5.21. The number of phenols is 1. The van der Waals surface area contributed by atoms with Crippen LogP contribution in [0.15, 0.2) is 6.07 Å². The minimum absolute atomic E-state index is 0.00798. The third kappa shape index (κ3) is 3.30. The Bertz CT molecular complexity index is 1290. The van der Waals surface area contributed by atoms with E-state index in [0.717, 1.165) is 0 Å². The molecule has 3 aliphatic rings. The van der Waals surface area contributed by atoms with Gasteiger partial charge in [0, 0.05) is 25.7 Å². The number of likely N-dealkylation sites (N-methyl/N-ethyl adjacent to an activating group) is 1. The maximum atomic E-state index is 13.8. The van der Waals surface area contributed by atoms with Gasteiger partial charge >= 0.3 is 0 Å². The first-order valence-corrected chi connectivity index (χ1v) is 11.6. The van der Waals surface area contributed by atoms with E-state index in [1.807, 2.05) is 0 Å². The molecular weight excluding hydrogens is 466 g/mol. The van der Waals surface area contributed by atoms with Crippen LogP contribution in [0.4, 0.5) is 5.69 Å². The average molecular weight is 496 g/mol. The molecule has 0 spiro atoms. The number of phenolic OH excluding ortho intramolecular Hbond substituents is 1. The number of hydrogen-bond acceptors (Lipinski definition) is 9. The highest BCUT2D eigenvalue weighted by Gasteiger charge is 2.69. The lowest BCUT2D eigenvalue weighted by molar-refractivity contribution is -0.181. The summed E-state index contributed by atoms with van der Waals surface area (Å²) in [6.45, 7) is 1.58. The first-order chi connectivity index (χ1) is 16.8. The number of anilines is 1. The minimum atomic E-state index is -2.74. The molecule has 0 saturated heterocycles. The summed E-state index contributed by atoms with van der Waals surface area (Å²) in [4.78, 5) is 69.3. The van der Waals surface area contributed by atoms with E-state index in [0.29, 0.717) is 11.3 Å². The van der Waals surface area contributed by atoms with Gasteiger partial charge in [-0.1, -0.05) is 5.92 Å².